The zero-order valence-corrected chi connectivity index (χ0v) is 58.7. The second-order valence-electron chi connectivity index (χ2n) is 25.4. The van der Waals surface area contributed by atoms with Crippen LogP contribution in [0.15, 0.2) is 128 Å². The highest BCUT2D eigenvalue weighted by Crippen LogP contribution is 2.49. The number of hydrogen-bond donors (Lipinski definition) is 2. The summed E-state index contributed by atoms with van der Waals surface area (Å²) < 4.78 is 116. The SMILES string of the molecule is CN(CCN1CCC(OC(=O)Nc2ccccc2-c2ccccc2)CC1)C(=O)CCCCCNc1ncc(C(=O)N(C)CCCN(C)C(=O)CO[C@H]2Cc3ccccc3C23CCN(CC[C@@]2(c4ccc(F)cc4)CN(C(=O)c4cc(C(F)(F)F)cc(C(F)(F)F)c4)CO2)CC3)s1.Cl.Cl.Cl. The Balaban J connectivity index is 0.00000459. The molecule has 538 valence electrons. The topological polar surface area (TPSA) is 169 Å². The number of alkyl halides is 6. The van der Waals surface area contributed by atoms with Crippen LogP contribution in [-0.4, -0.2) is 183 Å². The zero-order chi connectivity index (χ0) is 68.2. The summed E-state index contributed by atoms with van der Waals surface area (Å²) in [5, 5.41) is 6.86. The number of para-hydroxylation sites is 1. The minimum Gasteiger partial charge on any atom is -0.446 e. The minimum atomic E-state index is -5.15. The maximum absolute atomic E-state index is 14.2. The molecule has 1 aliphatic carbocycles. The van der Waals surface area contributed by atoms with Crippen molar-refractivity contribution in [2.75, 3.05) is 117 Å². The summed E-state index contributed by atoms with van der Waals surface area (Å²) in [6.07, 6.45) is -2.67. The number of likely N-dealkylation sites (N-methyl/N-ethyl adjacent to an activating group) is 2. The fourth-order valence-corrected chi connectivity index (χ4v) is 14.2. The van der Waals surface area contributed by atoms with E-state index in [-0.39, 0.29) is 92.8 Å². The molecule has 2 N–H and O–H groups in total. The fraction of sp³-hybridized carbons (Fsp3) is 0.465. The largest absolute Gasteiger partial charge is 0.446 e. The van der Waals surface area contributed by atoms with E-state index in [1.165, 1.54) is 35.6 Å². The molecule has 0 saturated carbocycles. The van der Waals surface area contributed by atoms with E-state index >= 15 is 0 Å². The first-order valence-corrected chi connectivity index (χ1v) is 33.5. The third kappa shape index (κ3) is 20.3. The summed E-state index contributed by atoms with van der Waals surface area (Å²) in [7, 11) is 5.26. The average molecular weight is 1460 g/mol. The Hall–Kier alpha value is -7.10. The van der Waals surface area contributed by atoms with Crippen LogP contribution >= 0.6 is 48.6 Å². The van der Waals surface area contributed by atoms with Crippen LogP contribution < -0.4 is 10.6 Å². The van der Waals surface area contributed by atoms with Crippen molar-refractivity contribution in [3.05, 3.63) is 172 Å². The molecule has 3 aliphatic heterocycles. The van der Waals surface area contributed by atoms with Gasteiger partial charge in [-0.2, -0.15) is 26.3 Å². The third-order valence-corrected chi connectivity index (χ3v) is 20.0. The van der Waals surface area contributed by atoms with E-state index in [0.29, 0.717) is 111 Å². The third-order valence-electron chi connectivity index (χ3n) is 19.1. The number of rotatable bonds is 26. The second kappa shape index (κ2) is 35.5. The molecule has 3 saturated heterocycles. The van der Waals surface area contributed by atoms with Gasteiger partial charge in [-0.1, -0.05) is 103 Å². The Labute approximate surface area is 595 Å². The minimum absolute atomic E-state index is 0. The van der Waals surface area contributed by atoms with Crippen LogP contribution in [0.5, 0.6) is 0 Å². The maximum atomic E-state index is 14.2. The zero-order valence-electron chi connectivity index (χ0n) is 55.4. The molecule has 17 nitrogen and oxygen atoms in total. The van der Waals surface area contributed by atoms with Crippen molar-refractivity contribution < 1.29 is 68.9 Å². The summed E-state index contributed by atoms with van der Waals surface area (Å²) in [5.41, 5.74) is -0.273. The van der Waals surface area contributed by atoms with Gasteiger partial charge in [-0.3, -0.25) is 24.5 Å². The van der Waals surface area contributed by atoms with Gasteiger partial charge in [-0.15, -0.1) is 37.2 Å². The van der Waals surface area contributed by atoms with Crippen molar-refractivity contribution in [3.63, 3.8) is 0 Å². The lowest BCUT2D eigenvalue weighted by Gasteiger charge is -2.44. The number of fused-ring (bicyclic) bond motifs is 2. The Morgan fingerprint density at radius 2 is 1.34 bits per heavy atom. The van der Waals surface area contributed by atoms with E-state index in [0.717, 1.165) is 78.9 Å². The molecule has 6 aromatic rings. The summed E-state index contributed by atoms with van der Waals surface area (Å²) >= 11 is 1.27. The van der Waals surface area contributed by atoms with Crippen molar-refractivity contribution >= 4 is 89.1 Å². The lowest BCUT2D eigenvalue weighted by Crippen LogP contribution is -2.50. The number of carbonyl (C=O) groups is 5. The van der Waals surface area contributed by atoms with Gasteiger partial charge < -0.3 is 48.9 Å². The number of ether oxygens (including phenoxy) is 3. The molecular weight excluding hydrogens is 1380 g/mol. The van der Waals surface area contributed by atoms with Crippen molar-refractivity contribution in [2.24, 2.45) is 0 Å². The molecule has 5 amide bonds. The molecule has 0 radical (unpaired) electrons. The van der Waals surface area contributed by atoms with Gasteiger partial charge in [0.15, 0.2) is 5.13 Å². The number of halogens is 10. The lowest BCUT2D eigenvalue weighted by atomic mass is 9.72. The molecule has 28 heteroatoms. The number of hydrogen-bond acceptors (Lipinski definition) is 13. The number of nitrogens with one attached hydrogen (secondary N) is 2. The van der Waals surface area contributed by atoms with Crippen LogP contribution in [0.4, 0.5) is 46.3 Å². The molecule has 1 aromatic heterocycles. The van der Waals surface area contributed by atoms with Crippen molar-refractivity contribution in [3.8, 4) is 11.1 Å². The van der Waals surface area contributed by atoms with Gasteiger partial charge in [0.1, 0.15) is 35.7 Å². The Morgan fingerprint density at radius 3 is 2.04 bits per heavy atom. The lowest BCUT2D eigenvalue weighted by molar-refractivity contribution is -0.143. The number of unbranched alkanes of at least 4 members (excludes halogenated alkanes) is 2. The monoisotopic (exact) mass is 1460 g/mol. The van der Waals surface area contributed by atoms with Gasteiger partial charge in [0.2, 0.25) is 11.8 Å². The van der Waals surface area contributed by atoms with E-state index in [1.807, 2.05) is 73.8 Å². The van der Waals surface area contributed by atoms with Gasteiger partial charge in [0.05, 0.1) is 35.7 Å². The number of amides is 5. The van der Waals surface area contributed by atoms with Crippen LogP contribution in [0.3, 0.4) is 0 Å². The van der Waals surface area contributed by atoms with Gasteiger partial charge in [-0.05, 0) is 130 Å². The number of piperidine rings is 2. The highest BCUT2D eigenvalue weighted by molar-refractivity contribution is 7.17. The first-order valence-electron chi connectivity index (χ1n) is 32.7. The molecule has 4 heterocycles. The van der Waals surface area contributed by atoms with Gasteiger partial charge in [0, 0.05) is 96.5 Å². The molecule has 3 fully saturated rings. The molecular formula is C71H85Cl3F7N9O8S. The smallest absolute Gasteiger partial charge is 0.416 e. The van der Waals surface area contributed by atoms with E-state index < -0.39 is 64.6 Å². The van der Waals surface area contributed by atoms with Crippen LogP contribution in [0.25, 0.3) is 11.1 Å². The molecule has 1 spiro atoms. The van der Waals surface area contributed by atoms with Gasteiger partial charge in [-0.25, -0.2) is 14.2 Å². The van der Waals surface area contributed by atoms with Gasteiger partial charge in [0.25, 0.3) is 11.8 Å². The summed E-state index contributed by atoms with van der Waals surface area (Å²) in [6, 6.07) is 31.9. The molecule has 10 rings (SSSR count). The quantitative estimate of drug-likeness (QED) is 0.0390. The maximum Gasteiger partial charge on any atom is 0.416 e. The average Bonchev–Trinajstić information content (AvgIpc) is 1.61. The highest BCUT2D eigenvalue weighted by atomic mass is 35.5. The van der Waals surface area contributed by atoms with Crippen molar-refractivity contribution in [2.45, 2.75) is 106 Å². The van der Waals surface area contributed by atoms with Crippen molar-refractivity contribution in [1.82, 2.24) is 34.4 Å². The molecule has 0 bridgehead atoms. The Bertz CT molecular complexity index is 3630. The number of carbonyl (C=O) groups excluding carboxylic acids is 5. The molecule has 5 aromatic carbocycles. The number of likely N-dealkylation sites (tertiary alicyclic amines) is 2. The van der Waals surface area contributed by atoms with Crippen LogP contribution in [0.1, 0.15) is 112 Å². The fourth-order valence-electron chi connectivity index (χ4n) is 13.4. The number of nitrogens with zero attached hydrogens (tertiary/aromatic N) is 7. The first kappa shape index (κ1) is 79.2. The van der Waals surface area contributed by atoms with E-state index in [1.54, 1.807) is 35.0 Å². The first-order chi connectivity index (χ1) is 46.0. The summed E-state index contributed by atoms with van der Waals surface area (Å²) in [4.78, 5) is 82.2. The summed E-state index contributed by atoms with van der Waals surface area (Å²) in [5.74, 6) is -1.89. The number of benzene rings is 5. The number of anilines is 2. The van der Waals surface area contributed by atoms with Crippen molar-refractivity contribution in [1.29, 1.82) is 0 Å². The predicted octanol–water partition coefficient (Wildman–Crippen LogP) is 13.7. The van der Waals surface area contributed by atoms with Crippen LogP contribution in [0, 0.1) is 5.82 Å². The van der Waals surface area contributed by atoms with Gasteiger partial charge >= 0.3 is 18.4 Å². The normalized spacial score (nSPS) is 17.7. The van der Waals surface area contributed by atoms with E-state index in [2.05, 4.69) is 37.6 Å². The molecule has 0 unspecified atom stereocenters. The Kier molecular flexibility index (Phi) is 28.4. The predicted molar refractivity (Wildman–Crippen MR) is 372 cm³/mol. The number of aromatic nitrogens is 1. The van der Waals surface area contributed by atoms with Crippen LogP contribution in [0.2, 0.25) is 0 Å². The van der Waals surface area contributed by atoms with E-state index in [9.17, 15) is 54.7 Å². The standard InChI is InChI=1S/C71H82F7N9O8S.3ClH/c1-82(32-14-33-84(3)65(91)60-45-80-66(96-60)79-31-13-5-8-21-62(88)83(2)39-40-85-34-26-56(27-35-85)95-67(92)81-59-20-12-10-18-57(59)49-15-6-4-7-16-49)63(89)46-93-61-43-50-17-9-11-19-58(50)68(61)28-36-86(37-29-68)38-30-69(52-22-24-55(72)25-23-52)47-87(48-94-69)64(90)51-41-53(70(73,74)75)44-54(42-51)71(76,77)78;;;/h4,6-7,9-12,15-20,22-25,41-42,44-45,56,61H,5,8,13-14,21,26-40,43,46-48H2,1-3H3,(H,79,80)(H,81,92);3*1H/t61-,69-;;;/m0.../s1. The Morgan fingerprint density at radius 1 is 0.707 bits per heavy atom. The molecule has 99 heavy (non-hydrogen) atoms. The second-order valence-corrected chi connectivity index (χ2v) is 26.5. The van der Waals surface area contributed by atoms with Crippen LogP contribution in [-0.2, 0) is 53.6 Å². The molecule has 2 atom stereocenters. The molecule has 4 aliphatic rings. The summed E-state index contributed by atoms with van der Waals surface area (Å²) in [6.45, 7) is 5.15. The van der Waals surface area contributed by atoms with E-state index in [4.69, 9.17) is 14.2 Å². The highest BCUT2D eigenvalue weighted by Gasteiger charge is 2.50. The number of thiazole rings is 1.